The Balaban J connectivity index is 2.04. The van der Waals surface area contributed by atoms with Crippen molar-refractivity contribution in [3.8, 4) is 0 Å². The zero-order valence-corrected chi connectivity index (χ0v) is 11.0. The fraction of sp³-hybridized carbons (Fsp3) is 0.400. The standard InChI is InChI=1S/C15H19N3/c1-15(2)11-18(8-7-17-15)14-10-16-9-12-5-3-4-6-13(12)14/h3-6,9-10,17H,7-8,11H2,1-2H3. The second-order valence-corrected chi connectivity index (χ2v) is 5.61. The first-order valence-electron chi connectivity index (χ1n) is 6.48. The second-order valence-electron chi connectivity index (χ2n) is 5.61. The number of aromatic nitrogens is 1. The molecule has 0 amide bonds. The summed E-state index contributed by atoms with van der Waals surface area (Å²) in [5, 5.41) is 6.05. The molecule has 18 heavy (non-hydrogen) atoms. The van der Waals surface area contributed by atoms with Crippen molar-refractivity contribution in [1.29, 1.82) is 0 Å². The highest BCUT2D eigenvalue weighted by atomic mass is 15.2. The Hall–Kier alpha value is -1.61. The number of rotatable bonds is 1. The average Bonchev–Trinajstić information content (AvgIpc) is 2.37. The summed E-state index contributed by atoms with van der Waals surface area (Å²) in [4.78, 5) is 6.81. The van der Waals surface area contributed by atoms with Gasteiger partial charge in [-0.05, 0) is 13.8 Å². The highest BCUT2D eigenvalue weighted by molar-refractivity contribution is 5.93. The van der Waals surface area contributed by atoms with Gasteiger partial charge in [0.15, 0.2) is 0 Å². The highest BCUT2D eigenvalue weighted by Gasteiger charge is 2.26. The number of fused-ring (bicyclic) bond motifs is 1. The summed E-state index contributed by atoms with van der Waals surface area (Å²) in [6.07, 6.45) is 3.93. The van der Waals surface area contributed by atoms with Crippen molar-refractivity contribution < 1.29 is 0 Å². The predicted molar refractivity (Wildman–Crippen MR) is 76.0 cm³/mol. The molecule has 1 fully saturated rings. The molecule has 2 heterocycles. The number of benzene rings is 1. The Labute approximate surface area is 108 Å². The van der Waals surface area contributed by atoms with Gasteiger partial charge in [-0.25, -0.2) is 0 Å². The maximum Gasteiger partial charge on any atom is 0.0633 e. The van der Waals surface area contributed by atoms with E-state index in [9.17, 15) is 0 Å². The molecule has 0 radical (unpaired) electrons. The molecular formula is C15H19N3. The SMILES string of the molecule is CC1(C)CN(c2cncc3ccccc23)CCN1. The molecule has 0 unspecified atom stereocenters. The van der Waals surface area contributed by atoms with Crippen molar-refractivity contribution in [2.45, 2.75) is 19.4 Å². The summed E-state index contributed by atoms with van der Waals surface area (Å²) < 4.78 is 0. The molecule has 0 atom stereocenters. The summed E-state index contributed by atoms with van der Waals surface area (Å²) in [6.45, 7) is 7.58. The first kappa shape index (κ1) is 11.5. The molecule has 0 saturated carbocycles. The number of hydrogen-bond acceptors (Lipinski definition) is 3. The molecule has 1 aromatic heterocycles. The van der Waals surface area contributed by atoms with Crippen LogP contribution < -0.4 is 10.2 Å². The monoisotopic (exact) mass is 241 g/mol. The summed E-state index contributed by atoms with van der Waals surface area (Å²) in [7, 11) is 0. The van der Waals surface area contributed by atoms with Gasteiger partial charge in [-0.3, -0.25) is 4.98 Å². The number of pyridine rings is 1. The molecule has 94 valence electrons. The Morgan fingerprint density at radius 2 is 2.06 bits per heavy atom. The van der Waals surface area contributed by atoms with E-state index in [1.807, 2.05) is 12.4 Å². The van der Waals surface area contributed by atoms with Crippen molar-refractivity contribution in [2.75, 3.05) is 24.5 Å². The van der Waals surface area contributed by atoms with Gasteiger partial charge >= 0.3 is 0 Å². The van der Waals surface area contributed by atoms with E-state index in [4.69, 9.17) is 0 Å². The van der Waals surface area contributed by atoms with Gasteiger partial charge in [0, 0.05) is 42.1 Å². The smallest absolute Gasteiger partial charge is 0.0633 e. The maximum atomic E-state index is 4.37. The van der Waals surface area contributed by atoms with E-state index in [1.54, 1.807) is 0 Å². The lowest BCUT2D eigenvalue weighted by Gasteiger charge is -2.40. The summed E-state index contributed by atoms with van der Waals surface area (Å²) in [5.41, 5.74) is 1.41. The summed E-state index contributed by atoms with van der Waals surface area (Å²) in [6, 6.07) is 8.47. The molecule has 2 aromatic rings. The first-order chi connectivity index (χ1) is 8.66. The normalized spacial score (nSPS) is 19.1. The van der Waals surface area contributed by atoms with Crippen molar-refractivity contribution in [1.82, 2.24) is 10.3 Å². The minimum atomic E-state index is 0.162. The lowest BCUT2D eigenvalue weighted by atomic mass is 10.0. The Bertz CT molecular complexity index is 557. The third-order valence-corrected chi connectivity index (χ3v) is 3.56. The van der Waals surface area contributed by atoms with Crippen LogP contribution in [-0.4, -0.2) is 30.2 Å². The van der Waals surface area contributed by atoms with E-state index in [2.05, 4.69) is 53.3 Å². The van der Waals surface area contributed by atoms with Crippen molar-refractivity contribution >= 4 is 16.5 Å². The largest absolute Gasteiger partial charge is 0.367 e. The third kappa shape index (κ3) is 2.06. The fourth-order valence-electron chi connectivity index (χ4n) is 2.70. The van der Waals surface area contributed by atoms with Crippen LogP contribution in [0.3, 0.4) is 0 Å². The molecule has 1 N–H and O–H groups in total. The van der Waals surface area contributed by atoms with Gasteiger partial charge in [-0.15, -0.1) is 0 Å². The van der Waals surface area contributed by atoms with E-state index in [0.717, 1.165) is 19.6 Å². The van der Waals surface area contributed by atoms with Crippen molar-refractivity contribution in [3.05, 3.63) is 36.7 Å². The number of hydrogen-bond donors (Lipinski definition) is 1. The quantitative estimate of drug-likeness (QED) is 0.831. The molecule has 3 heteroatoms. The van der Waals surface area contributed by atoms with Gasteiger partial charge in [-0.2, -0.15) is 0 Å². The summed E-state index contributed by atoms with van der Waals surface area (Å²) in [5.74, 6) is 0. The van der Waals surface area contributed by atoms with Gasteiger partial charge in [0.05, 0.1) is 11.9 Å². The van der Waals surface area contributed by atoms with E-state index < -0.39 is 0 Å². The Morgan fingerprint density at radius 3 is 2.89 bits per heavy atom. The van der Waals surface area contributed by atoms with E-state index >= 15 is 0 Å². The molecule has 0 aliphatic carbocycles. The molecule has 1 saturated heterocycles. The van der Waals surface area contributed by atoms with Gasteiger partial charge in [-0.1, -0.05) is 24.3 Å². The number of anilines is 1. The maximum absolute atomic E-state index is 4.37. The zero-order chi connectivity index (χ0) is 12.6. The van der Waals surface area contributed by atoms with Gasteiger partial charge in [0.2, 0.25) is 0 Å². The van der Waals surface area contributed by atoms with Crippen molar-refractivity contribution in [3.63, 3.8) is 0 Å². The van der Waals surface area contributed by atoms with Crippen LogP contribution in [0.2, 0.25) is 0 Å². The lowest BCUT2D eigenvalue weighted by molar-refractivity contribution is 0.353. The molecule has 3 nitrogen and oxygen atoms in total. The van der Waals surface area contributed by atoms with Crippen LogP contribution in [0.5, 0.6) is 0 Å². The second kappa shape index (κ2) is 4.25. The fourth-order valence-corrected chi connectivity index (χ4v) is 2.70. The molecule has 1 aliphatic rings. The molecule has 1 aliphatic heterocycles. The average molecular weight is 241 g/mol. The number of nitrogens with one attached hydrogen (secondary N) is 1. The van der Waals surface area contributed by atoms with Crippen LogP contribution in [0.25, 0.3) is 10.8 Å². The Kier molecular flexibility index (Phi) is 2.71. The molecule has 0 bridgehead atoms. The molecule has 3 rings (SSSR count). The molecule has 1 aromatic carbocycles. The van der Waals surface area contributed by atoms with Crippen LogP contribution in [0.15, 0.2) is 36.7 Å². The predicted octanol–water partition coefficient (Wildman–Crippen LogP) is 2.42. The van der Waals surface area contributed by atoms with Crippen LogP contribution in [0.1, 0.15) is 13.8 Å². The lowest BCUT2D eigenvalue weighted by Crippen LogP contribution is -2.57. The van der Waals surface area contributed by atoms with Crippen molar-refractivity contribution in [2.24, 2.45) is 0 Å². The van der Waals surface area contributed by atoms with Crippen LogP contribution in [-0.2, 0) is 0 Å². The number of piperazine rings is 1. The van der Waals surface area contributed by atoms with E-state index in [-0.39, 0.29) is 5.54 Å². The highest BCUT2D eigenvalue weighted by Crippen LogP contribution is 2.27. The van der Waals surface area contributed by atoms with Gasteiger partial charge in [0.1, 0.15) is 0 Å². The first-order valence-corrected chi connectivity index (χ1v) is 6.48. The molecular weight excluding hydrogens is 222 g/mol. The Morgan fingerprint density at radius 1 is 1.22 bits per heavy atom. The summed E-state index contributed by atoms with van der Waals surface area (Å²) >= 11 is 0. The van der Waals surface area contributed by atoms with E-state index in [0.29, 0.717) is 0 Å². The van der Waals surface area contributed by atoms with Gasteiger partial charge in [0.25, 0.3) is 0 Å². The van der Waals surface area contributed by atoms with Crippen LogP contribution in [0.4, 0.5) is 5.69 Å². The third-order valence-electron chi connectivity index (χ3n) is 3.56. The van der Waals surface area contributed by atoms with Crippen LogP contribution >= 0.6 is 0 Å². The topological polar surface area (TPSA) is 28.2 Å². The number of nitrogens with zero attached hydrogens (tertiary/aromatic N) is 2. The minimum absolute atomic E-state index is 0.162. The van der Waals surface area contributed by atoms with E-state index in [1.165, 1.54) is 16.5 Å². The minimum Gasteiger partial charge on any atom is -0.367 e. The van der Waals surface area contributed by atoms with Gasteiger partial charge < -0.3 is 10.2 Å². The molecule has 0 spiro atoms. The zero-order valence-electron chi connectivity index (χ0n) is 11.0. The van der Waals surface area contributed by atoms with Crippen LogP contribution in [0, 0.1) is 0 Å².